The Morgan fingerprint density at radius 2 is 0.857 bits per heavy atom. The molecule has 0 bridgehead atoms. The molecule has 11 nitrogen and oxygen atoms in total. The maximum atomic E-state index is 8.25. The van der Waals surface area contributed by atoms with Crippen LogP contribution in [0.5, 0.6) is 0 Å². The van der Waals surface area contributed by atoms with Crippen LogP contribution in [-0.4, -0.2) is 10.2 Å². The van der Waals surface area contributed by atoms with Gasteiger partial charge in [0.15, 0.2) is 0 Å². The zero-order valence-electron chi connectivity index (χ0n) is 7.61. The van der Waals surface area contributed by atoms with E-state index in [4.69, 9.17) is 40.8 Å². The van der Waals surface area contributed by atoms with Gasteiger partial charge in [-0.3, -0.25) is 0 Å². The quantitative estimate of drug-likeness (QED) is 0.176. The van der Waals surface area contributed by atoms with Gasteiger partial charge in [0.2, 0.25) is 0 Å². The van der Waals surface area contributed by atoms with Crippen LogP contribution in [0.4, 0.5) is 0 Å². The summed E-state index contributed by atoms with van der Waals surface area (Å²) in [5.74, 6) is 0. The Hall–Kier alpha value is 1.44. The molecule has 0 aromatic rings. The van der Waals surface area contributed by atoms with Gasteiger partial charge in [0.05, 0.1) is 10.2 Å². The predicted molar refractivity (Wildman–Crippen MR) is 29.9 cm³/mol. The molecule has 14 heteroatoms. The average molecular weight is 255 g/mol. The maximum Gasteiger partial charge on any atom is 1.00 e. The Kier molecular flexibility index (Phi) is 94.5. The van der Waals surface area contributed by atoms with Crippen molar-refractivity contribution in [2.75, 3.05) is 0 Å². The number of hydrogen-bond acceptors (Lipinski definition) is 9. The minimum atomic E-state index is -1.75. The van der Waals surface area contributed by atoms with E-state index in [0.29, 0.717) is 0 Å². The summed E-state index contributed by atoms with van der Waals surface area (Å²) in [4.78, 5) is 24.5. The normalized spacial score (nSPS) is 4.29. The molecule has 0 N–H and O–H groups in total. The molecule has 14 heavy (non-hydrogen) atoms. The Labute approximate surface area is 163 Å². The van der Waals surface area contributed by atoms with Crippen molar-refractivity contribution in [2.45, 2.75) is 0 Å². The molecular weight excluding hydrogens is 255 g/mol. The van der Waals surface area contributed by atoms with E-state index in [0.717, 1.165) is 5.34 Å². The molecule has 0 saturated carbocycles. The van der Waals surface area contributed by atoms with Crippen molar-refractivity contribution < 1.29 is 121 Å². The van der Waals surface area contributed by atoms with Gasteiger partial charge in [0.25, 0.3) is 0 Å². The van der Waals surface area contributed by atoms with Crippen LogP contribution >= 0.6 is 0 Å². The third-order valence-electron chi connectivity index (χ3n) is 0. The molecule has 0 rings (SSSR count). The fraction of sp³-hybridized carbons (Fsp3) is 0. The molecule has 0 aliphatic carbocycles. The molecule has 0 heterocycles. The third kappa shape index (κ3) is 1010. The standard InChI is InChI=1S/K.2NO3.HNO2.2Na/c;2*2-1(3)4;2-1-3;;/h;;;(H,2,3);;/q+1;2*-1;;2*+1/p-1. The van der Waals surface area contributed by atoms with Gasteiger partial charge < -0.3 is 40.8 Å². The van der Waals surface area contributed by atoms with Crippen LogP contribution in [0.2, 0.25) is 0 Å². The van der Waals surface area contributed by atoms with Crippen LogP contribution in [0.25, 0.3) is 0 Å². The van der Waals surface area contributed by atoms with E-state index >= 15 is 0 Å². The van der Waals surface area contributed by atoms with Gasteiger partial charge >= 0.3 is 110 Å². The maximum absolute atomic E-state index is 8.25. The SMILES string of the molecule is O=N[O-].O=[N+]([O-])[O-].O=[N+]([O-])[O-].[K+].[Na+].[Na+]. The van der Waals surface area contributed by atoms with Crippen LogP contribution in [0.3, 0.4) is 0 Å². The second kappa shape index (κ2) is 36.6. The molecular formula is KN3Na2O8. The average Bonchev–Trinajstić information content (AvgIpc) is 1.60. The van der Waals surface area contributed by atoms with E-state index in [1.165, 1.54) is 0 Å². The van der Waals surface area contributed by atoms with E-state index in [1.807, 2.05) is 0 Å². The molecule has 0 radical (unpaired) electrons. The number of hydrogen-bond donors (Lipinski definition) is 0. The smallest absolute Gasteiger partial charge is 0.444 e. The summed E-state index contributed by atoms with van der Waals surface area (Å²) in [6.07, 6.45) is 0. The molecule has 0 unspecified atom stereocenters. The van der Waals surface area contributed by atoms with E-state index < -0.39 is 10.2 Å². The molecule has 66 valence electrons. The van der Waals surface area contributed by atoms with Crippen LogP contribution in [-0.2, 0) is 0 Å². The fourth-order valence-corrected chi connectivity index (χ4v) is 0. The predicted octanol–water partition coefficient (Wildman–Crippen LogP) is -9.22. The third-order valence-corrected chi connectivity index (χ3v) is 0. The van der Waals surface area contributed by atoms with Crippen LogP contribution in [0, 0.1) is 40.8 Å². The van der Waals surface area contributed by atoms with Crippen LogP contribution < -0.4 is 110 Å². The zero-order chi connectivity index (χ0) is 9.86. The molecule has 0 amide bonds. The molecule has 0 fully saturated rings. The Morgan fingerprint density at radius 3 is 0.857 bits per heavy atom. The van der Waals surface area contributed by atoms with Gasteiger partial charge in [0, 0.05) is 0 Å². The van der Waals surface area contributed by atoms with E-state index in [9.17, 15) is 0 Å². The monoisotopic (exact) mass is 255 g/mol. The van der Waals surface area contributed by atoms with Crippen molar-refractivity contribution in [3.05, 3.63) is 40.8 Å². The zero-order valence-corrected chi connectivity index (χ0v) is 14.7. The summed E-state index contributed by atoms with van der Waals surface area (Å²) in [6, 6.07) is 0. The summed E-state index contributed by atoms with van der Waals surface area (Å²) in [5.41, 5.74) is 0. The Morgan fingerprint density at radius 1 is 0.857 bits per heavy atom. The largest absolute Gasteiger partial charge is 1.00 e. The number of rotatable bonds is 0. The van der Waals surface area contributed by atoms with Gasteiger partial charge in [-0.25, -0.2) is 0 Å². The molecule has 0 spiro atoms. The second-order valence-corrected chi connectivity index (χ2v) is 0.522. The van der Waals surface area contributed by atoms with Gasteiger partial charge in [-0.2, -0.15) is 0 Å². The molecule has 0 atom stereocenters. The fourth-order valence-electron chi connectivity index (χ4n) is 0. The van der Waals surface area contributed by atoms with Crippen molar-refractivity contribution in [3.8, 4) is 0 Å². The summed E-state index contributed by atoms with van der Waals surface area (Å²) < 4.78 is 0. The Balaban J connectivity index is -0.0000000156. The van der Waals surface area contributed by atoms with Gasteiger partial charge in [-0.15, -0.1) is 5.34 Å². The van der Waals surface area contributed by atoms with Crippen molar-refractivity contribution >= 4 is 0 Å². The first-order valence-electron chi connectivity index (χ1n) is 1.46. The minimum Gasteiger partial charge on any atom is -0.444 e. The first-order valence-corrected chi connectivity index (χ1v) is 1.46. The van der Waals surface area contributed by atoms with Gasteiger partial charge in [-0.05, 0) is 0 Å². The number of nitrogens with zero attached hydrogens (tertiary/aromatic N) is 3. The molecule has 0 aromatic carbocycles. The van der Waals surface area contributed by atoms with E-state index in [2.05, 4.69) is 0 Å². The summed E-state index contributed by atoms with van der Waals surface area (Å²) in [7, 11) is 0. The first kappa shape index (κ1) is 36.1. The molecule has 0 aliphatic rings. The van der Waals surface area contributed by atoms with Crippen LogP contribution in [0.1, 0.15) is 0 Å². The van der Waals surface area contributed by atoms with Crippen molar-refractivity contribution in [2.24, 2.45) is 5.34 Å². The molecule has 0 aliphatic heterocycles. The summed E-state index contributed by atoms with van der Waals surface area (Å²) in [5, 5.41) is 38.5. The molecule has 0 aromatic heterocycles. The summed E-state index contributed by atoms with van der Waals surface area (Å²) >= 11 is 0. The first-order chi connectivity index (χ1) is 4.88. The second-order valence-electron chi connectivity index (χ2n) is 0.522. The minimum absolute atomic E-state index is 0. The van der Waals surface area contributed by atoms with Crippen LogP contribution in [0.15, 0.2) is 5.34 Å². The van der Waals surface area contributed by atoms with Crippen molar-refractivity contribution in [3.63, 3.8) is 0 Å². The summed E-state index contributed by atoms with van der Waals surface area (Å²) in [6.45, 7) is 0. The molecule has 0 saturated heterocycles. The van der Waals surface area contributed by atoms with Crippen molar-refractivity contribution in [1.29, 1.82) is 0 Å². The van der Waals surface area contributed by atoms with Gasteiger partial charge in [0.1, 0.15) is 0 Å². The topological polar surface area (TPSA) is 185 Å². The van der Waals surface area contributed by atoms with E-state index in [1.54, 1.807) is 0 Å². The van der Waals surface area contributed by atoms with Gasteiger partial charge in [-0.1, -0.05) is 0 Å². The van der Waals surface area contributed by atoms with E-state index in [-0.39, 0.29) is 110 Å². The van der Waals surface area contributed by atoms with Crippen molar-refractivity contribution in [1.82, 2.24) is 0 Å². The Bertz CT molecular complexity index is 110.